The monoisotopic (exact) mass is 174 g/mol. The second-order valence-electron chi connectivity index (χ2n) is 2.08. The van der Waals surface area contributed by atoms with E-state index in [9.17, 15) is 4.79 Å². The van der Waals surface area contributed by atoms with Crippen LogP contribution in [-0.4, -0.2) is 34.1 Å². The van der Waals surface area contributed by atoms with Gasteiger partial charge in [0, 0.05) is 6.08 Å². The molecule has 0 aliphatic rings. The summed E-state index contributed by atoms with van der Waals surface area (Å²) in [7, 11) is 0. The molecule has 0 fully saturated rings. The molecule has 0 saturated heterocycles. The molecule has 0 bridgehead atoms. The van der Waals surface area contributed by atoms with Crippen LogP contribution in [-0.2, 0) is 4.79 Å². The molecule has 1 aromatic carbocycles. The molecule has 60 valence electrons. The average molecular weight is 174 g/mol. The van der Waals surface area contributed by atoms with Gasteiger partial charge in [-0.1, -0.05) is 30.3 Å². The molecule has 0 aliphatic carbocycles. The van der Waals surface area contributed by atoms with E-state index in [1.807, 2.05) is 30.3 Å². The quantitative estimate of drug-likeness (QED) is 0.534. The first-order valence-corrected chi connectivity index (χ1v) is 3.25. The SMILES string of the molecule is O=C(O)/C=C/c1ccccc1.[MgH2]. The lowest BCUT2D eigenvalue weighted by Gasteiger charge is -1.87. The van der Waals surface area contributed by atoms with Crippen molar-refractivity contribution in [2.45, 2.75) is 0 Å². The fourth-order valence-corrected chi connectivity index (χ4v) is 0.732. The van der Waals surface area contributed by atoms with Gasteiger partial charge in [-0.05, 0) is 11.6 Å². The number of hydrogen-bond donors (Lipinski definition) is 1. The Bertz CT molecular complexity index is 267. The smallest absolute Gasteiger partial charge is 0.328 e. The fraction of sp³-hybridized carbons (Fsp3) is 0. The third-order valence-electron chi connectivity index (χ3n) is 1.22. The Morgan fingerprint density at radius 1 is 1.25 bits per heavy atom. The van der Waals surface area contributed by atoms with Crippen LogP contribution >= 0.6 is 0 Å². The van der Waals surface area contributed by atoms with Crippen LogP contribution in [0.5, 0.6) is 0 Å². The summed E-state index contributed by atoms with van der Waals surface area (Å²) in [6.07, 6.45) is 2.68. The molecule has 12 heavy (non-hydrogen) atoms. The van der Waals surface area contributed by atoms with Gasteiger partial charge in [0.15, 0.2) is 0 Å². The van der Waals surface area contributed by atoms with Crippen molar-refractivity contribution >= 4 is 35.1 Å². The highest BCUT2D eigenvalue weighted by molar-refractivity contribution is 5.85. The van der Waals surface area contributed by atoms with E-state index in [2.05, 4.69) is 0 Å². The van der Waals surface area contributed by atoms with Crippen LogP contribution in [0.1, 0.15) is 5.56 Å². The molecule has 0 amide bonds. The summed E-state index contributed by atoms with van der Waals surface area (Å²) in [5, 5.41) is 8.29. The van der Waals surface area contributed by atoms with E-state index in [0.29, 0.717) is 0 Å². The molecule has 2 nitrogen and oxygen atoms in total. The van der Waals surface area contributed by atoms with Crippen molar-refractivity contribution in [2.24, 2.45) is 0 Å². The minimum atomic E-state index is -0.922. The summed E-state index contributed by atoms with van der Waals surface area (Å²) >= 11 is 0. The number of carboxylic acids is 1. The largest absolute Gasteiger partial charge is 0.478 e. The van der Waals surface area contributed by atoms with E-state index in [1.165, 1.54) is 0 Å². The lowest BCUT2D eigenvalue weighted by Crippen LogP contribution is -1.85. The minimum Gasteiger partial charge on any atom is -0.478 e. The Labute approximate surface area is 87.1 Å². The highest BCUT2D eigenvalue weighted by Crippen LogP contribution is 1.99. The van der Waals surface area contributed by atoms with Crippen LogP contribution in [0.2, 0.25) is 0 Å². The maximum absolute atomic E-state index is 10.1. The molecule has 0 saturated carbocycles. The van der Waals surface area contributed by atoms with E-state index in [-0.39, 0.29) is 23.1 Å². The molecule has 1 N–H and O–H groups in total. The standard InChI is InChI=1S/C9H8O2.Mg.2H/c10-9(11)7-6-8-4-2-1-3-5-8;;;/h1-7H,(H,10,11);;;/b7-6+;;;. The molecule has 0 atom stereocenters. The number of benzene rings is 1. The lowest BCUT2D eigenvalue weighted by atomic mass is 10.2. The molecule has 0 radical (unpaired) electrons. The van der Waals surface area contributed by atoms with Crippen LogP contribution in [0.3, 0.4) is 0 Å². The van der Waals surface area contributed by atoms with Gasteiger partial charge >= 0.3 is 29.0 Å². The molecular weight excluding hydrogens is 164 g/mol. The van der Waals surface area contributed by atoms with E-state index < -0.39 is 5.97 Å². The number of rotatable bonds is 2. The molecule has 0 heterocycles. The molecule has 3 heteroatoms. The predicted octanol–water partition coefficient (Wildman–Crippen LogP) is 0.868. The Morgan fingerprint density at radius 2 is 1.83 bits per heavy atom. The second-order valence-corrected chi connectivity index (χ2v) is 2.08. The molecule has 0 spiro atoms. The van der Waals surface area contributed by atoms with Gasteiger partial charge in [-0.25, -0.2) is 4.79 Å². The van der Waals surface area contributed by atoms with Crippen molar-refractivity contribution < 1.29 is 9.90 Å². The summed E-state index contributed by atoms with van der Waals surface area (Å²) in [5.74, 6) is -0.922. The van der Waals surface area contributed by atoms with Crippen molar-refractivity contribution in [1.82, 2.24) is 0 Å². The van der Waals surface area contributed by atoms with Gasteiger partial charge in [0.25, 0.3) is 0 Å². The topological polar surface area (TPSA) is 37.3 Å². The van der Waals surface area contributed by atoms with Gasteiger partial charge in [-0.15, -0.1) is 0 Å². The number of carboxylic acid groups (broad SMARTS) is 1. The van der Waals surface area contributed by atoms with Crippen molar-refractivity contribution in [3.05, 3.63) is 42.0 Å². The van der Waals surface area contributed by atoms with E-state index in [4.69, 9.17) is 5.11 Å². The average Bonchev–Trinajstić information content (AvgIpc) is 2.03. The van der Waals surface area contributed by atoms with Crippen LogP contribution in [0.15, 0.2) is 36.4 Å². The zero-order chi connectivity index (χ0) is 8.10. The van der Waals surface area contributed by atoms with E-state index >= 15 is 0 Å². The first-order valence-electron chi connectivity index (χ1n) is 3.25. The van der Waals surface area contributed by atoms with Crippen LogP contribution in [0.25, 0.3) is 6.08 Å². The predicted molar refractivity (Wildman–Crippen MR) is 51.7 cm³/mol. The third-order valence-corrected chi connectivity index (χ3v) is 1.22. The highest BCUT2D eigenvalue weighted by Gasteiger charge is 1.85. The molecule has 0 aromatic heterocycles. The Balaban J connectivity index is 0.00000121. The van der Waals surface area contributed by atoms with Crippen molar-refractivity contribution in [3.8, 4) is 0 Å². The highest BCUT2D eigenvalue weighted by atomic mass is 24.3. The first kappa shape index (κ1) is 11.2. The Kier molecular flexibility index (Phi) is 5.41. The summed E-state index contributed by atoms with van der Waals surface area (Å²) in [4.78, 5) is 10.1. The molecule has 0 unspecified atom stereocenters. The maximum atomic E-state index is 10.1. The summed E-state index contributed by atoms with van der Waals surface area (Å²) < 4.78 is 0. The van der Waals surface area contributed by atoms with Gasteiger partial charge in [-0.3, -0.25) is 0 Å². The normalized spacial score (nSPS) is 9.33. The molecule has 1 rings (SSSR count). The Morgan fingerprint density at radius 3 is 2.33 bits per heavy atom. The third kappa shape index (κ3) is 4.15. The first-order chi connectivity index (χ1) is 5.29. The molecule has 0 aliphatic heterocycles. The second kappa shape index (κ2) is 5.80. The summed E-state index contributed by atoms with van der Waals surface area (Å²) in [5.41, 5.74) is 0.898. The lowest BCUT2D eigenvalue weighted by molar-refractivity contribution is -0.131. The van der Waals surface area contributed by atoms with Gasteiger partial charge in [0.2, 0.25) is 0 Å². The van der Waals surface area contributed by atoms with Gasteiger partial charge in [0.05, 0.1) is 0 Å². The van der Waals surface area contributed by atoms with Gasteiger partial charge in [-0.2, -0.15) is 0 Å². The van der Waals surface area contributed by atoms with Gasteiger partial charge in [0.1, 0.15) is 0 Å². The van der Waals surface area contributed by atoms with Crippen molar-refractivity contribution in [3.63, 3.8) is 0 Å². The molecule has 1 aromatic rings. The maximum Gasteiger partial charge on any atom is 0.328 e. The van der Waals surface area contributed by atoms with E-state index in [0.717, 1.165) is 11.6 Å². The summed E-state index contributed by atoms with van der Waals surface area (Å²) in [6.45, 7) is 0. The summed E-state index contributed by atoms with van der Waals surface area (Å²) in [6, 6.07) is 9.31. The number of carbonyl (C=O) groups is 1. The van der Waals surface area contributed by atoms with Crippen molar-refractivity contribution in [2.75, 3.05) is 0 Å². The van der Waals surface area contributed by atoms with Gasteiger partial charge < -0.3 is 5.11 Å². The number of hydrogen-bond acceptors (Lipinski definition) is 1. The van der Waals surface area contributed by atoms with Crippen LogP contribution in [0, 0.1) is 0 Å². The number of aliphatic carboxylic acids is 1. The molecular formula is C9H10MgO2. The zero-order valence-corrected chi connectivity index (χ0v) is 5.90. The zero-order valence-electron chi connectivity index (χ0n) is 5.90. The van der Waals surface area contributed by atoms with Crippen molar-refractivity contribution in [1.29, 1.82) is 0 Å². The van der Waals surface area contributed by atoms with Crippen LogP contribution < -0.4 is 0 Å². The Hall–Kier alpha value is -0.804. The fourth-order valence-electron chi connectivity index (χ4n) is 0.732. The van der Waals surface area contributed by atoms with E-state index in [1.54, 1.807) is 6.08 Å². The minimum absolute atomic E-state index is 0. The van der Waals surface area contributed by atoms with Crippen LogP contribution in [0.4, 0.5) is 0 Å².